The molecule has 1 aromatic heterocycles. The van der Waals surface area contributed by atoms with E-state index in [0.29, 0.717) is 12.5 Å². The number of fused-ring (bicyclic) bond motifs is 1. The Bertz CT molecular complexity index is 1060. The maximum absolute atomic E-state index is 12.8. The zero-order chi connectivity index (χ0) is 21.8. The molecule has 4 rings (SSSR count). The van der Waals surface area contributed by atoms with Gasteiger partial charge in [0, 0.05) is 17.1 Å². The number of ether oxygens (including phenoxy) is 1. The summed E-state index contributed by atoms with van der Waals surface area (Å²) >= 11 is 0. The molecule has 1 aliphatic rings. The Hall–Kier alpha value is -2.47. The fraction of sp³-hybridized carbons (Fsp3) is 0.423. The molecule has 0 atom stereocenters. The molecule has 0 radical (unpaired) electrons. The average molecular weight is 498 g/mol. The molecule has 0 unspecified atom stereocenters. The molecule has 0 fully saturated rings. The number of carbonyl (C=O) groups is 1. The van der Waals surface area contributed by atoms with Gasteiger partial charge in [-0.1, -0.05) is 56.3 Å². The SMILES string of the molecule is Cc1ccc(C(C)C)c(OCc2nn(CC(=O)c3ccccc3)c3[n+]2CCCCC3)c1.[Br-]. The van der Waals surface area contributed by atoms with Crippen LogP contribution in [0.25, 0.3) is 0 Å². The van der Waals surface area contributed by atoms with Gasteiger partial charge in [-0.2, -0.15) is 0 Å². The number of benzene rings is 2. The lowest BCUT2D eigenvalue weighted by atomic mass is 10.0. The van der Waals surface area contributed by atoms with Crippen molar-refractivity contribution in [3.63, 3.8) is 0 Å². The van der Waals surface area contributed by atoms with Gasteiger partial charge in [0.05, 0.1) is 6.54 Å². The number of ketones is 1. The first-order chi connectivity index (χ1) is 15.0. The summed E-state index contributed by atoms with van der Waals surface area (Å²) < 4.78 is 10.5. The van der Waals surface area contributed by atoms with Gasteiger partial charge in [-0.3, -0.25) is 4.79 Å². The second-order valence-corrected chi connectivity index (χ2v) is 8.73. The summed E-state index contributed by atoms with van der Waals surface area (Å²) in [6.07, 6.45) is 4.40. The van der Waals surface area contributed by atoms with Crippen molar-refractivity contribution in [1.82, 2.24) is 9.78 Å². The van der Waals surface area contributed by atoms with E-state index in [9.17, 15) is 4.79 Å². The maximum atomic E-state index is 12.8. The normalized spacial score (nSPS) is 13.2. The van der Waals surface area contributed by atoms with Gasteiger partial charge in [-0.15, -0.1) is 4.68 Å². The van der Waals surface area contributed by atoms with Crippen molar-refractivity contribution in [2.75, 3.05) is 0 Å². The van der Waals surface area contributed by atoms with Crippen LogP contribution in [0.4, 0.5) is 0 Å². The number of hydrogen-bond donors (Lipinski definition) is 0. The third-order valence-corrected chi connectivity index (χ3v) is 5.98. The van der Waals surface area contributed by atoms with E-state index in [-0.39, 0.29) is 29.3 Å². The second kappa shape index (κ2) is 10.9. The highest BCUT2D eigenvalue weighted by Crippen LogP contribution is 2.28. The maximum Gasteiger partial charge on any atom is 0.315 e. The van der Waals surface area contributed by atoms with Gasteiger partial charge in [0.15, 0.2) is 18.9 Å². The van der Waals surface area contributed by atoms with Crippen LogP contribution in [0, 0.1) is 6.92 Å². The fourth-order valence-corrected chi connectivity index (χ4v) is 4.26. The Kier molecular flexibility index (Phi) is 8.24. The number of Topliss-reactive ketones (excluding diaryl/α,β-unsaturated/α-hetero) is 1. The van der Waals surface area contributed by atoms with Gasteiger partial charge in [0.25, 0.3) is 0 Å². The van der Waals surface area contributed by atoms with Gasteiger partial charge in [-0.05, 0) is 49.3 Å². The van der Waals surface area contributed by atoms with Crippen LogP contribution in [0.3, 0.4) is 0 Å². The third kappa shape index (κ3) is 5.47. The van der Waals surface area contributed by atoms with E-state index < -0.39 is 0 Å². The van der Waals surface area contributed by atoms with Gasteiger partial charge < -0.3 is 21.7 Å². The predicted octanol–water partition coefficient (Wildman–Crippen LogP) is 1.79. The second-order valence-electron chi connectivity index (χ2n) is 8.73. The molecule has 3 aromatic rings. The van der Waals surface area contributed by atoms with E-state index in [2.05, 4.69) is 43.5 Å². The Morgan fingerprint density at radius 1 is 1.12 bits per heavy atom. The van der Waals surface area contributed by atoms with Crippen molar-refractivity contribution in [2.45, 2.75) is 72.1 Å². The Balaban J connectivity index is 0.00000289. The Labute approximate surface area is 201 Å². The molecule has 0 bridgehead atoms. The molecule has 0 saturated heterocycles. The van der Waals surface area contributed by atoms with Crippen LogP contribution in [0.1, 0.15) is 72.2 Å². The lowest BCUT2D eigenvalue weighted by Gasteiger charge is -2.13. The Morgan fingerprint density at radius 2 is 1.91 bits per heavy atom. The van der Waals surface area contributed by atoms with Crippen LogP contribution in [-0.2, 0) is 26.1 Å². The van der Waals surface area contributed by atoms with Gasteiger partial charge in [-0.25, -0.2) is 4.57 Å². The number of carbonyl (C=O) groups excluding carboxylic acids is 1. The topological polar surface area (TPSA) is 48.0 Å². The van der Waals surface area contributed by atoms with Crippen molar-refractivity contribution in [1.29, 1.82) is 0 Å². The summed E-state index contributed by atoms with van der Waals surface area (Å²) in [6.45, 7) is 8.05. The minimum absolute atomic E-state index is 0. The van der Waals surface area contributed by atoms with Crippen molar-refractivity contribution in [3.05, 3.63) is 76.9 Å². The van der Waals surface area contributed by atoms with Crippen molar-refractivity contribution in [2.24, 2.45) is 0 Å². The molecule has 6 heteroatoms. The molecule has 2 aromatic carbocycles. The highest BCUT2D eigenvalue weighted by Gasteiger charge is 2.29. The van der Waals surface area contributed by atoms with Gasteiger partial charge >= 0.3 is 5.82 Å². The van der Waals surface area contributed by atoms with Crippen LogP contribution in [0.15, 0.2) is 48.5 Å². The molecule has 0 aliphatic carbocycles. The van der Waals surface area contributed by atoms with Crippen LogP contribution >= 0.6 is 0 Å². The minimum Gasteiger partial charge on any atom is -1.00 e. The summed E-state index contributed by atoms with van der Waals surface area (Å²) in [5.41, 5.74) is 3.12. The molecule has 0 amide bonds. The summed E-state index contributed by atoms with van der Waals surface area (Å²) in [5, 5.41) is 4.84. The molecule has 32 heavy (non-hydrogen) atoms. The van der Waals surface area contributed by atoms with Crippen molar-refractivity contribution >= 4 is 5.78 Å². The number of rotatable bonds is 7. The number of halogens is 1. The molecule has 0 spiro atoms. The number of aryl methyl sites for hydroxylation is 1. The van der Waals surface area contributed by atoms with E-state index in [4.69, 9.17) is 9.84 Å². The standard InChI is InChI=1S/C26H32N3O2.BrH/c1-19(2)22-14-13-20(3)16-24(22)31-18-25-27-29(26-12-8-5-9-15-28(25)26)17-23(30)21-10-6-4-7-11-21;/h4,6-7,10-11,13-14,16,19H,5,8-9,12,15,17-18H2,1-3H3;1H/q+1;/p-1. The lowest BCUT2D eigenvalue weighted by molar-refractivity contribution is -0.712. The smallest absolute Gasteiger partial charge is 0.315 e. The fourth-order valence-electron chi connectivity index (χ4n) is 4.26. The van der Waals surface area contributed by atoms with E-state index in [1.54, 1.807) is 0 Å². The Morgan fingerprint density at radius 3 is 2.66 bits per heavy atom. The third-order valence-electron chi connectivity index (χ3n) is 5.98. The first kappa shape index (κ1) is 24.2. The van der Waals surface area contributed by atoms with E-state index in [1.807, 2.05) is 35.0 Å². The van der Waals surface area contributed by atoms with Gasteiger partial charge in [0.1, 0.15) is 5.75 Å². The number of hydrogen-bond acceptors (Lipinski definition) is 3. The predicted molar refractivity (Wildman–Crippen MR) is 120 cm³/mol. The molecule has 2 heterocycles. The van der Waals surface area contributed by atoms with Crippen molar-refractivity contribution in [3.8, 4) is 5.75 Å². The molecule has 0 N–H and O–H groups in total. The van der Waals surface area contributed by atoms with Crippen molar-refractivity contribution < 1.29 is 31.1 Å². The van der Waals surface area contributed by atoms with E-state index in [0.717, 1.165) is 48.8 Å². The van der Waals surface area contributed by atoms with Crippen LogP contribution in [0.5, 0.6) is 5.75 Å². The number of nitrogens with zero attached hydrogens (tertiary/aromatic N) is 3. The van der Waals surface area contributed by atoms with E-state index in [1.165, 1.54) is 17.5 Å². The minimum atomic E-state index is 0. The lowest BCUT2D eigenvalue weighted by Crippen LogP contribution is -3.00. The first-order valence-electron chi connectivity index (χ1n) is 11.3. The molecule has 170 valence electrons. The average Bonchev–Trinajstić information content (AvgIpc) is 2.92. The highest BCUT2D eigenvalue weighted by atomic mass is 79.9. The molecular formula is C26H32BrN3O2. The van der Waals surface area contributed by atoms with Gasteiger partial charge in [0.2, 0.25) is 5.82 Å². The largest absolute Gasteiger partial charge is 1.00 e. The summed E-state index contributed by atoms with van der Waals surface area (Å²) in [5.74, 6) is 3.43. The quantitative estimate of drug-likeness (QED) is 0.369. The molecule has 1 aliphatic heterocycles. The first-order valence-corrected chi connectivity index (χ1v) is 11.3. The van der Waals surface area contributed by atoms with E-state index >= 15 is 0 Å². The zero-order valence-electron chi connectivity index (χ0n) is 19.2. The summed E-state index contributed by atoms with van der Waals surface area (Å²) in [6, 6.07) is 15.9. The molecule has 5 nitrogen and oxygen atoms in total. The van der Waals surface area contributed by atoms with Crippen LogP contribution in [0.2, 0.25) is 0 Å². The summed E-state index contributed by atoms with van der Waals surface area (Å²) in [7, 11) is 0. The van der Waals surface area contributed by atoms with Crippen LogP contribution in [-0.4, -0.2) is 15.6 Å². The molecule has 0 saturated carbocycles. The van der Waals surface area contributed by atoms with Crippen LogP contribution < -0.4 is 26.3 Å². The zero-order valence-corrected chi connectivity index (χ0v) is 20.8. The number of aromatic nitrogens is 3. The monoisotopic (exact) mass is 497 g/mol. The highest BCUT2D eigenvalue weighted by molar-refractivity contribution is 5.95. The molecular weight excluding hydrogens is 466 g/mol. The summed E-state index contributed by atoms with van der Waals surface area (Å²) in [4.78, 5) is 12.8.